The molecular weight excluding hydrogens is 420 g/mol. The minimum absolute atomic E-state index is 0.0542. The summed E-state index contributed by atoms with van der Waals surface area (Å²) in [7, 11) is 0. The number of fused-ring (bicyclic) bond motifs is 1. The Morgan fingerprint density at radius 3 is 2.56 bits per heavy atom. The van der Waals surface area contributed by atoms with Gasteiger partial charge < -0.3 is 4.90 Å². The van der Waals surface area contributed by atoms with Gasteiger partial charge in [-0.2, -0.15) is 5.10 Å². The number of hydrogen-bond donors (Lipinski definition) is 0. The Labute approximate surface area is 192 Å². The first-order valence-electron chi connectivity index (χ1n) is 11.6. The minimum Gasteiger partial charge on any atom is -0.342 e. The third-order valence-electron chi connectivity index (χ3n) is 6.86. The molecule has 1 atom stereocenters. The summed E-state index contributed by atoms with van der Waals surface area (Å²) < 4.78 is 1.60. The van der Waals surface area contributed by atoms with Gasteiger partial charge in [0.15, 0.2) is 0 Å². The summed E-state index contributed by atoms with van der Waals surface area (Å²) in [5, 5.41) is 8.41. The molecular formula is C25H30N4O2S. The van der Waals surface area contributed by atoms with E-state index in [2.05, 4.69) is 16.7 Å². The molecule has 1 unspecified atom stereocenters. The third kappa shape index (κ3) is 4.24. The van der Waals surface area contributed by atoms with Gasteiger partial charge in [0.2, 0.25) is 5.91 Å². The number of rotatable bonds is 4. The van der Waals surface area contributed by atoms with Crippen LogP contribution < -0.4 is 5.56 Å². The van der Waals surface area contributed by atoms with Crippen molar-refractivity contribution in [2.75, 3.05) is 26.2 Å². The Hall–Kier alpha value is -2.51. The van der Waals surface area contributed by atoms with Crippen LogP contribution in [0.15, 0.2) is 46.6 Å². The van der Waals surface area contributed by atoms with E-state index in [1.807, 2.05) is 41.8 Å². The zero-order valence-corrected chi connectivity index (χ0v) is 19.4. The van der Waals surface area contributed by atoms with E-state index in [1.54, 1.807) is 16.0 Å². The number of hydrogen-bond acceptors (Lipinski definition) is 5. The number of thiophene rings is 1. The van der Waals surface area contributed by atoms with Crippen LogP contribution in [-0.4, -0.2) is 51.7 Å². The summed E-state index contributed by atoms with van der Waals surface area (Å²) in [5.41, 5.74) is 0.806. The molecule has 168 valence electrons. The SMILES string of the molecule is CC1CCCN(C(=O)C2CCN(Cn3nc(-c4cccs4)c4ccccc4c3=O)CC2)C1. The van der Waals surface area contributed by atoms with Crippen LogP contribution in [0.4, 0.5) is 0 Å². The molecule has 2 saturated heterocycles. The van der Waals surface area contributed by atoms with E-state index in [9.17, 15) is 9.59 Å². The molecule has 5 rings (SSSR count). The van der Waals surface area contributed by atoms with Crippen LogP contribution in [0.25, 0.3) is 21.3 Å². The Morgan fingerprint density at radius 2 is 1.84 bits per heavy atom. The molecule has 0 aliphatic carbocycles. The van der Waals surface area contributed by atoms with E-state index in [0.29, 0.717) is 23.9 Å². The molecule has 2 aromatic heterocycles. The van der Waals surface area contributed by atoms with Crippen molar-refractivity contribution in [2.45, 2.75) is 39.3 Å². The van der Waals surface area contributed by atoms with Crippen molar-refractivity contribution in [3.05, 3.63) is 52.1 Å². The van der Waals surface area contributed by atoms with Gasteiger partial charge in [-0.3, -0.25) is 14.5 Å². The summed E-state index contributed by atoms with van der Waals surface area (Å²) in [4.78, 5) is 31.5. The number of benzene rings is 1. The average molecular weight is 451 g/mol. The molecule has 0 spiro atoms. The van der Waals surface area contributed by atoms with Gasteiger partial charge in [0.1, 0.15) is 5.69 Å². The fourth-order valence-electron chi connectivity index (χ4n) is 5.08. The molecule has 32 heavy (non-hydrogen) atoms. The third-order valence-corrected chi connectivity index (χ3v) is 7.74. The standard InChI is InChI=1S/C25H30N4O2S/c1-18-6-4-12-28(16-18)24(30)19-10-13-27(14-11-19)17-29-25(31)21-8-3-2-7-20(21)23(26-29)22-9-5-15-32-22/h2-3,5,7-9,15,18-19H,4,6,10-14,16-17H2,1H3. The quantitative estimate of drug-likeness (QED) is 0.602. The average Bonchev–Trinajstić information content (AvgIpc) is 3.36. The van der Waals surface area contributed by atoms with Crippen LogP contribution in [0.5, 0.6) is 0 Å². The van der Waals surface area contributed by atoms with Crippen LogP contribution >= 0.6 is 11.3 Å². The number of amides is 1. The van der Waals surface area contributed by atoms with E-state index in [1.165, 1.54) is 6.42 Å². The lowest BCUT2D eigenvalue weighted by Crippen LogP contribution is -2.46. The monoisotopic (exact) mass is 450 g/mol. The molecule has 2 aliphatic heterocycles. The van der Waals surface area contributed by atoms with E-state index in [-0.39, 0.29) is 11.5 Å². The summed E-state index contributed by atoms with van der Waals surface area (Å²) >= 11 is 1.63. The summed E-state index contributed by atoms with van der Waals surface area (Å²) in [6.07, 6.45) is 4.05. The topological polar surface area (TPSA) is 58.4 Å². The molecule has 0 radical (unpaired) electrons. The van der Waals surface area contributed by atoms with Crippen LogP contribution in [0, 0.1) is 11.8 Å². The maximum Gasteiger partial charge on any atom is 0.275 e. The van der Waals surface area contributed by atoms with Crippen LogP contribution in [0.1, 0.15) is 32.6 Å². The second kappa shape index (κ2) is 9.16. The molecule has 0 N–H and O–H groups in total. The molecule has 3 aromatic rings. The number of nitrogens with zero attached hydrogens (tertiary/aromatic N) is 4. The fraction of sp³-hybridized carbons (Fsp3) is 0.480. The van der Waals surface area contributed by atoms with Gasteiger partial charge in [-0.25, -0.2) is 4.68 Å². The summed E-state index contributed by atoms with van der Waals surface area (Å²) in [5.74, 6) is 1.05. The van der Waals surface area contributed by atoms with Gasteiger partial charge in [-0.05, 0) is 49.1 Å². The zero-order chi connectivity index (χ0) is 22.1. The normalized spacial score (nSPS) is 20.7. The summed E-state index contributed by atoms with van der Waals surface area (Å²) in [6, 6.07) is 11.8. The van der Waals surface area contributed by atoms with Crippen molar-refractivity contribution in [3.63, 3.8) is 0 Å². The highest BCUT2D eigenvalue weighted by Gasteiger charge is 2.30. The number of piperidine rings is 2. The lowest BCUT2D eigenvalue weighted by Gasteiger charge is -2.37. The smallest absolute Gasteiger partial charge is 0.275 e. The second-order valence-corrected chi connectivity index (χ2v) is 10.2. The molecule has 2 fully saturated rings. The molecule has 1 aromatic carbocycles. The second-order valence-electron chi connectivity index (χ2n) is 9.24. The first-order chi connectivity index (χ1) is 15.6. The Morgan fingerprint density at radius 1 is 1.06 bits per heavy atom. The molecule has 2 aliphatic rings. The molecule has 0 bridgehead atoms. The molecule has 7 heteroatoms. The molecule has 1 amide bonds. The maximum absolute atomic E-state index is 13.2. The molecule has 0 saturated carbocycles. The predicted molar refractivity (Wildman–Crippen MR) is 129 cm³/mol. The van der Waals surface area contributed by atoms with Gasteiger partial charge in [-0.1, -0.05) is 31.2 Å². The van der Waals surface area contributed by atoms with Crippen LogP contribution in [0.2, 0.25) is 0 Å². The molecule has 4 heterocycles. The maximum atomic E-state index is 13.2. The highest BCUT2D eigenvalue weighted by Crippen LogP contribution is 2.29. The number of carbonyl (C=O) groups is 1. The van der Waals surface area contributed by atoms with Gasteiger partial charge in [0, 0.05) is 37.5 Å². The van der Waals surface area contributed by atoms with E-state index in [4.69, 9.17) is 5.10 Å². The van der Waals surface area contributed by atoms with Crippen LogP contribution in [-0.2, 0) is 11.5 Å². The van der Waals surface area contributed by atoms with Crippen molar-refractivity contribution in [1.29, 1.82) is 0 Å². The van der Waals surface area contributed by atoms with E-state index >= 15 is 0 Å². The minimum atomic E-state index is -0.0542. The number of carbonyl (C=O) groups excluding carboxylic acids is 1. The Bertz CT molecular complexity index is 1150. The number of likely N-dealkylation sites (tertiary alicyclic amines) is 2. The largest absolute Gasteiger partial charge is 0.342 e. The van der Waals surface area contributed by atoms with Gasteiger partial charge in [0.05, 0.1) is 16.9 Å². The lowest BCUT2D eigenvalue weighted by atomic mass is 9.93. The van der Waals surface area contributed by atoms with Gasteiger partial charge in [0.25, 0.3) is 5.56 Å². The first-order valence-corrected chi connectivity index (χ1v) is 12.5. The fourth-order valence-corrected chi connectivity index (χ4v) is 5.81. The predicted octanol–water partition coefficient (Wildman–Crippen LogP) is 4.05. The Kier molecular flexibility index (Phi) is 6.11. The van der Waals surface area contributed by atoms with Crippen molar-refractivity contribution >= 4 is 28.0 Å². The van der Waals surface area contributed by atoms with E-state index < -0.39 is 0 Å². The lowest BCUT2D eigenvalue weighted by molar-refractivity contribution is -0.139. The van der Waals surface area contributed by atoms with E-state index in [0.717, 1.165) is 61.4 Å². The van der Waals surface area contributed by atoms with Crippen LogP contribution in [0.3, 0.4) is 0 Å². The first kappa shape index (κ1) is 21.3. The highest BCUT2D eigenvalue weighted by atomic mass is 32.1. The van der Waals surface area contributed by atoms with Gasteiger partial charge >= 0.3 is 0 Å². The van der Waals surface area contributed by atoms with Crippen molar-refractivity contribution < 1.29 is 4.79 Å². The zero-order valence-electron chi connectivity index (χ0n) is 18.6. The molecule has 6 nitrogen and oxygen atoms in total. The number of aromatic nitrogens is 2. The highest BCUT2D eigenvalue weighted by molar-refractivity contribution is 7.13. The summed E-state index contributed by atoms with van der Waals surface area (Å²) in [6.45, 7) is 6.14. The van der Waals surface area contributed by atoms with Crippen molar-refractivity contribution in [3.8, 4) is 10.6 Å². The Balaban J connectivity index is 1.31. The van der Waals surface area contributed by atoms with Gasteiger partial charge in [-0.15, -0.1) is 11.3 Å². The van der Waals surface area contributed by atoms with Crippen molar-refractivity contribution in [1.82, 2.24) is 19.6 Å². The van der Waals surface area contributed by atoms with Crippen molar-refractivity contribution in [2.24, 2.45) is 11.8 Å².